The third kappa shape index (κ3) is 29.0. The number of ether oxygens (including phenoxy) is 10. The molecule has 2 aromatic heterocycles. The van der Waals surface area contributed by atoms with E-state index in [0.29, 0.717) is 121 Å². The molecule has 0 aliphatic heterocycles. The van der Waals surface area contributed by atoms with Gasteiger partial charge in [0.1, 0.15) is 17.5 Å². The van der Waals surface area contributed by atoms with Crippen molar-refractivity contribution in [2.24, 2.45) is 17.8 Å². The minimum atomic E-state index is -4.14. The fraction of sp³-hybridized carbons (Fsp3) is 0.702. The van der Waals surface area contributed by atoms with Gasteiger partial charge in [0.2, 0.25) is 17.7 Å². The molecule has 87 heavy (non-hydrogen) atoms. The summed E-state index contributed by atoms with van der Waals surface area (Å²) < 4.78 is 88.9. The van der Waals surface area contributed by atoms with Crippen LogP contribution < -0.4 is 26.0 Å². The van der Waals surface area contributed by atoms with E-state index in [0.717, 1.165) is 5.06 Å². The maximum Gasteiger partial charge on any atom is 0.409 e. The molecule has 490 valence electrons. The smallest absolute Gasteiger partial charge is 0.409 e. The van der Waals surface area contributed by atoms with Crippen LogP contribution in [-0.2, 0) is 72.0 Å². The van der Waals surface area contributed by atoms with Gasteiger partial charge in [0.05, 0.1) is 138 Å². The number of methoxy groups -OCH3 is 1. The summed E-state index contributed by atoms with van der Waals surface area (Å²) in [5.74, 6) is -0.788. The van der Waals surface area contributed by atoms with E-state index < -0.39 is 51.6 Å². The summed E-state index contributed by atoms with van der Waals surface area (Å²) in [6.07, 6.45) is 10.5. The van der Waals surface area contributed by atoms with Crippen molar-refractivity contribution in [3.63, 3.8) is 0 Å². The lowest BCUT2D eigenvalue weighted by Gasteiger charge is -2.22. The van der Waals surface area contributed by atoms with Crippen molar-refractivity contribution in [3.05, 3.63) is 47.2 Å². The van der Waals surface area contributed by atoms with Crippen molar-refractivity contribution in [3.8, 4) is 5.75 Å². The van der Waals surface area contributed by atoms with E-state index in [1.54, 1.807) is 28.9 Å². The van der Waals surface area contributed by atoms with Crippen LogP contribution in [0, 0.1) is 17.8 Å². The van der Waals surface area contributed by atoms with Crippen molar-refractivity contribution in [1.29, 1.82) is 0 Å². The first kappa shape index (κ1) is 72.1. The maximum absolute atomic E-state index is 13.2. The fourth-order valence-electron chi connectivity index (χ4n) is 9.52. The lowest BCUT2D eigenvalue weighted by molar-refractivity contribution is -0.168. The normalized spacial score (nSPS) is 16.0. The first-order chi connectivity index (χ1) is 42.2. The number of thiazole rings is 1. The summed E-state index contributed by atoms with van der Waals surface area (Å²) in [7, 11) is 0.0557. The molecule has 2 aliphatic carbocycles. The molecule has 0 bridgehead atoms. The molecule has 3 aromatic rings. The van der Waals surface area contributed by atoms with Gasteiger partial charge < -0.3 is 73.5 Å². The zero-order valence-electron chi connectivity index (χ0n) is 50.4. The number of hydrogen-bond donors (Lipinski definition) is 5. The van der Waals surface area contributed by atoms with Gasteiger partial charge in [0, 0.05) is 69.5 Å². The zero-order chi connectivity index (χ0) is 62.5. The van der Waals surface area contributed by atoms with Gasteiger partial charge in [-0.3, -0.25) is 37.8 Å². The Bertz CT molecular complexity index is 2590. The van der Waals surface area contributed by atoms with Gasteiger partial charge >= 0.3 is 6.09 Å². The number of carbonyl (C=O) groups is 6. The summed E-state index contributed by atoms with van der Waals surface area (Å²) in [6, 6.07) is 3.61. The SMILES string of the molecule is COc1ccc(NC(=O)c2cn3ccsc3n2)cc1C(=O)NCCCC(=O)N[C@@H](CCC(=O)N(C)OC)C(=O)NCCOCCOCCOCCOCCOCCOCCOCCOCCN(CCCS(=O)(=O)O)C(=O)OCC1C2CCCCCC[C@@H]21. The number of hydrogen-bond acceptors (Lipinski definition) is 21. The van der Waals surface area contributed by atoms with Gasteiger partial charge in [0.25, 0.3) is 21.9 Å². The highest BCUT2D eigenvalue weighted by atomic mass is 32.2. The van der Waals surface area contributed by atoms with Gasteiger partial charge in [-0.05, 0) is 68.1 Å². The second-order valence-electron chi connectivity index (χ2n) is 20.6. The number of amides is 6. The molecular formula is C57H90N8O20S2. The second kappa shape index (κ2) is 41.6. The summed E-state index contributed by atoms with van der Waals surface area (Å²) in [6.45, 7) is 6.31. The standard InChI is InChI=1S/C57H90N8O20S2/c1-63(76-3)52(67)16-14-48(61-51(66)12-8-17-58-53(68)46-40-43(13-15-50(46)75-2)60-55(70)49-41-65-21-38-86-56(65)62-49)54(69)59-18-22-77-24-26-79-28-30-81-32-34-83-36-37-84-35-33-82-31-29-80-27-25-78-23-20-64(19-9-39-87(72,73)74)57(71)85-42-47-44-10-6-4-5-7-11-45(44)47/h13,15,21,38,40-41,44-45,47-48H,4-12,14,16-20,22-37,39,42H2,1-3H3,(H,58,68)(H,59,69)(H,60,70)(H,61,66)(H,72,73,74)/t44-,45?,47?,48-/m0/s1. The molecule has 4 atom stereocenters. The van der Waals surface area contributed by atoms with Crippen LogP contribution in [0.25, 0.3) is 4.96 Å². The Morgan fingerprint density at radius 2 is 1.31 bits per heavy atom. The van der Waals surface area contributed by atoms with E-state index in [1.165, 1.54) is 82.1 Å². The molecule has 0 spiro atoms. The van der Waals surface area contributed by atoms with E-state index in [1.807, 2.05) is 5.38 Å². The molecule has 1 aromatic carbocycles. The third-order valence-corrected chi connectivity index (χ3v) is 15.9. The van der Waals surface area contributed by atoms with Gasteiger partial charge in [-0.15, -0.1) is 11.3 Å². The van der Waals surface area contributed by atoms with Gasteiger partial charge in [-0.1, -0.05) is 25.7 Å². The predicted molar refractivity (Wildman–Crippen MR) is 318 cm³/mol. The quantitative estimate of drug-likeness (QED) is 0.0306. The van der Waals surface area contributed by atoms with Gasteiger partial charge in [-0.2, -0.15) is 8.42 Å². The highest BCUT2D eigenvalue weighted by Gasteiger charge is 2.49. The molecule has 6 amide bonds. The molecule has 0 saturated heterocycles. The Labute approximate surface area is 513 Å². The number of fused-ring (bicyclic) bond motifs is 2. The molecule has 2 unspecified atom stereocenters. The molecule has 5 rings (SSSR count). The third-order valence-electron chi connectivity index (χ3n) is 14.3. The summed E-state index contributed by atoms with van der Waals surface area (Å²) in [5.41, 5.74) is 0.736. The van der Waals surface area contributed by atoms with Crippen molar-refractivity contribution >= 4 is 67.7 Å². The average molecular weight is 1270 g/mol. The largest absolute Gasteiger partial charge is 0.496 e. The van der Waals surface area contributed by atoms with Crippen LogP contribution >= 0.6 is 11.3 Å². The lowest BCUT2D eigenvalue weighted by atomic mass is 10.0. The first-order valence-corrected chi connectivity index (χ1v) is 32.2. The minimum absolute atomic E-state index is 0.00309. The molecular weight excluding hydrogens is 1180 g/mol. The molecule has 5 N–H and O–H groups in total. The van der Waals surface area contributed by atoms with Crippen molar-refractivity contribution in [2.75, 3.05) is 171 Å². The number of benzene rings is 1. The average Bonchev–Trinajstić information content (AvgIpc) is 1.75. The molecule has 2 saturated carbocycles. The summed E-state index contributed by atoms with van der Waals surface area (Å²) >= 11 is 1.39. The maximum atomic E-state index is 13.2. The number of nitrogens with zero attached hydrogens (tertiary/aromatic N) is 4. The van der Waals surface area contributed by atoms with E-state index in [2.05, 4.69) is 26.3 Å². The summed E-state index contributed by atoms with van der Waals surface area (Å²) in [5, 5.41) is 13.8. The Kier molecular flexibility index (Phi) is 34.4. The highest BCUT2D eigenvalue weighted by molar-refractivity contribution is 7.85. The highest BCUT2D eigenvalue weighted by Crippen LogP contribution is 2.53. The number of carbonyl (C=O) groups excluding carboxylic acids is 6. The number of anilines is 1. The number of nitrogens with one attached hydrogen (secondary N) is 4. The van der Waals surface area contributed by atoms with Crippen LogP contribution in [0.2, 0.25) is 0 Å². The molecule has 2 aliphatic rings. The van der Waals surface area contributed by atoms with E-state index in [-0.39, 0.29) is 101 Å². The molecule has 30 heteroatoms. The minimum Gasteiger partial charge on any atom is -0.496 e. The van der Waals surface area contributed by atoms with Crippen LogP contribution in [0.15, 0.2) is 36.0 Å². The van der Waals surface area contributed by atoms with Crippen molar-refractivity contribution in [2.45, 2.75) is 76.7 Å². The molecule has 0 radical (unpaired) electrons. The molecule has 2 heterocycles. The predicted octanol–water partition coefficient (Wildman–Crippen LogP) is 3.63. The number of imidazole rings is 1. The van der Waals surface area contributed by atoms with Crippen LogP contribution in [0.3, 0.4) is 0 Å². The van der Waals surface area contributed by atoms with Crippen LogP contribution in [-0.4, -0.2) is 240 Å². The van der Waals surface area contributed by atoms with Crippen molar-refractivity contribution < 1.29 is 93.9 Å². The van der Waals surface area contributed by atoms with Gasteiger partial charge in [-0.25, -0.2) is 14.8 Å². The second-order valence-corrected chi connectivity index (χ2v) is 23.0. The Hall–Kier alpha value is -5.64. The Balaban J connectivity index is 0.802. The molecule has 2 fully saturated rings. The zero-order valence-corrected chi connectivity index (χ0v) is 52.1. The lowest BCUT2D eigenvalue weighted by Crippen LogP contribution is -2.48. The number of hydroxylamine groups is 2. The molecule has 28 nitrogen and oxygen atoms in total. The van der Waals surface area contributed by atoms with Crippen LogP contribution in [0.5, 0.6) is 5.75 Å². The van der Waals surface area contributed by atoms with Gasteiger partial charge in [0.15, 0.2) is 4.96 Å². The van der Waals surface area contributed by atoms with Crippen LogP contribution in [0.4, 0.5) is 10.5 Å². The number of rotatable bonds is 47. The van der Waals surface area contributed by atoms with E-state index in [4.69, 9.17) is 56.8 Å². The van der Waals surface area contributed by atoms with Crippen molar-refractivity contribution in [1.82, 2.24) is 35.3 Å². The Morgan fingerprint density at radius 3 is 1.87 bits per heavy atom. The topological polar surface area (TPSA) is 330 Å². The Morgan fingerprint density at radius 1 is 0.724 bits per heavy atom. The fourth-order valence-corrected chi connectivity index (χ4v) is 10.7. The van der Waals surface area contributed by atoms with E-state index >= 15 is 0 Å². The number of aromatic nitrogens is 2. The summed E-state index contributed by atoms with van der Waals surface area (Å²) in [4.78, 5) is 89.0. The monoisotopic (exact) mass is 1270 g/mol. The van der Waals surface area contributed by atoms with Crippen LogP contribution in [0.1, 0.15) is 91.5 Å². The van der Waals surface area contributed by atoms with E-state index in [9.17, 15) is 37.2 Å². The first-order valence-electron chi connectivity index (χ1n) is 29.7.